The van der Waals surface area contributed by atoms with Gasteiger partial charge < -0.3 is 5.32 Å². The molecule has 5 nitrogen and oxygen atoms in total. The summed E-state index contributed by atoms with van der Waals surface area (Å²) in [6.45, 7) is 1.50. The van der Waals surface area contributed by atoms with Crippen LogP contribution in [0, 0.1) is 0 Å². The number of fused-ring (bicyclic) bond motifs is 1. The van der Waals surface area contributed by atoms with Gasteiger partial charge in [0.15, 0.2) is 9.84 Å². The molecule has 0 amide bonds. The third-order valence-electron chi connectivity index (χ3n) is 4.75. The van der Waals surface area contributed by atoms with Crippen LogP contribution in [0.5, 0.6) is 0 Å². The smallest absolute Gasteiger partial charge is 0.177 e. The Labute approximate surface area is 152 Å². The van der Waals surface area contributed by atoms with E-state index in [1.54, 1.807) is 6.07 Å². The Hall–Kier alpha value is -1.63. The highest BCUT2D eigenvalue weighted by Gasteiger charge is 2.27. The number of hydrogen-bond acceptors (Lipinski definition) is 5. The van der Waals surface area contributed by atoms with Crippen LogP contribution in [0.3, 0.4) is 0 Å². The Bertz CT molecular complexity index is 955. The van der Waals surface area contributed by atoms with Crippen molar-refractivity contribution in [2.45, 2.75) is 36.7 Å². The van der Waals surface area contributed by atoms with E-state index in [0.29, 0.717) is 21.7 Å². The average Bonchev–Trinajstić information content (AvgIpc) is 3.29. The quantitative estimate of drug-likeness (QED) is 0.823. The van der Waals surface area contributed by atoms with Crippen LogP contribution < -0.4 is 5.32 Å². The predicted octanol–water partition coefficient (Wildman–Crippen LogP) is 3.70. The minimum Gasteiger partial charge on any atom is -0.354 e. The molecule has 0 unspecified atom stereocenters. The van der Waals surface area contributed by atoms with E-state index in [9.17, 15) is 8.42 Å². The van der Waals surface area contributed by atoms with Crippen LogP contribution in [-0.2, 0) is 22.9 Å². The molecule has 1 aliphatic carbocycles. The molecule has 2 aromatic rings. The van der Waals surface area contributed by atoms with Crippen LogP contribution in [0.2, 0.25) is 5.15 Å². The van der Waals surface area contributed by atoms with Gasteiger partial charge in [-0.15, -0.1) is 0 Å². The molecule has 1 saturated carbocycles. The zero-order valence-corrected chi connectivity index (χ0v) is 15.8. The van der Waals surface area contributed by atoms with Crippen molar-refractivity contribution in [1.29, 1.82) is 0 Å². The fourth-order valence-corrected chi connectivity index (χ4v) is 4.44. The van der Waals surface area contributed by atoms with Crippen LogP contribution in [-0.4, -0.2) is 31.6 Å². The monoisotopic (exact) mass is 377 g/mol. The molecule has 1 aliphatic heterocycles. The van der Waals surface area contributed by atoms with Crippen molar-refractivity contribution >= 4 is 32.8 Å². The number of nitrogens with one attached hydrogen (secondary N) is 1. The molecule has 0 saturated heterocycles. The first-order valence-corrected chi connectivity index (χ1v) is 10.6. The van der Waals surface area contributed by atoms with E-state index in [2.05, 4.69) is 15.2 Å². The molecule has 2 aliphatic rings. The maximum absolute atomic E-state index is 12.3. The zero-order valence-electron chi connectivity index (χ0n) is 14.2. The molecule has 132 valence electrons. The fourth-order valence-electron chi connectivity index (χ4n) is 3.36. The van der Waals surface area contributed by atoms with Crippen LogP contribution in [0.25, 0.3) is 0 Å². The first kappa shape index (κ1) is 16.8. The van der Waals surface area contributed by atoms with Crippen LogP contribution in [0.4, 0.5) is 11.4 Å². The fraction of sp³-hybridized carbons (Fsp3) is 0.389. The van der Waals surface area contributed by atoms with Gasteiger partial charge in [0, 0.05) is 30.6 Å². The van der Waals surface area contributed by atoms with Crippen molar-refractivity contribution in [3.05, 3.63) is 46.2 Å². The first-order chi connectivity index (χ1) is 11.8. The number of hydrogen-bond donors (Lipinski definition) is 1. The molecule has 0 radical (unpaired) electrons. The van der Waals surface area contributed by atoms with Crippen LogP contribution in [0.15, 0.2) is 29.2 Å². The summed E-state index contributed by atoms with van der Waals surface area (Å²) in [5.41, 5.74) is 4.52. The van der Waals surface area contributed by atoms with E-state index in [1.807, 2.05) is 25.2 Å². The third kappa shape index (κ3) is 3.38. The number of nitrogens with zero attached hydrogens (tertiary/aromatic N) is 2. The van der Waals surface area contributed by atoms with Crippen molar-refractivity contribution in [3.63, 3.8) is 0 Å². The summed E-state index contributed by atoms with van der Waals surface area (Å²) in [5, 5.41) is 3.71. The standard InChI is InChI=1S/C18H20ClN3O2S/c1-22-9-13-15(8-18(19)21-16(13)10-22)20-14-6-5-12(11-3-4-11)7-17(14)25(2,23)24/h5-8,11H,3-4,9-10H2,1-2H3,(H,20,21). The lowest BCUT2D eigenvalue weighted by molar-refractivity contribution is 0.351. The van der Waals surface area contributed by atoms with Gasteiger partial charge in [-0.3, -0.25) is 4.90 Å². The summed E-state index contributed by atoms with van der Waals surface area (Å²) < 4.78 is 24.6. The van der Waals surface area contributed by atoms with Crippen molar-refractivity contribution in [1.82, 2.24) is 9.88 Å². The molecular weight excluding hydrogens is 358 g/mol. The van der Waals surface area contributed by atoms with Gasteiger partial charge in [-0.25, -0.2) is 13.4 Å². The molecule has 1 fully saturated rings. The SMILES string of the molecule is CN1Cc2nc(Cl)cc(Nc3ccc(C4CC4)cc3S(C)(=O)=O)c2C1. The maximum atomic E-state index is 12.3. The topological polar surface area (TPSA) is 62.3 Å². The Morgan fingerprint density at radius 1 is 1.20 bits per heavy atom. The molecule has 0 spiro atoms. The normalized spacial score (nSPS) is 17.6. The average molecular weight is 378 g/mol. The minimum absolute atomic E-state index is 0.338. The van der Waals surface area contributed by atoms with Gasteiger partial charge in [-0.1, -0.05) is 17.7 Å². The predicted molar refractivity (Wildman–Crippen MR) is 99.2 cm³/mol. The van der Waals surface area contributed by atoms with E-state index >= 15 is 0 Å². The molecule has 2 heterocycles. The second-order valence-corrected chi connectivity index (χ2v) is 9.39. The Balaban J connectivity index is 1.77. The number of halogens is 1. The number of pyridine rings is 1. The lowest BCUT2D eigenvalue weighted by Gasteiger charge is -2.15. The molecule has 25 heavy (non-hydrogen) atoms. The Kier molecular flexibility index (Phi) is 4.02. The van der Waals surface area contributed by atoms with Crippen LogP contribution in [0.1, 0.15) is 35.6 Å². The van der Waals surface area contributed by atoms with Crippen molar-refractivity contribution in [3.8, 4) is 0 Å². The summed E-state index contributed by atoms with van der Waals surface area (Å²) in [6.07, 6.45) is 3.52. The van der Waals surface area contributed by atoms with Gasteiger partial charge in [0.2, 0.25) is 0 Å². The maximum Gasteiger partial charge on any atom is 0.177 e. The van der Waals surface area contributed by atoms with Gasteiger partial charge in [0.05, 0.1) is 16.3 Å². The lowest BCUT2D eigenvalue weighted by atomic mass is 10.1. The minimum atomic E-state index is -3.34. The molecule has 1 N–H and O–H groups in total. The van der Waals surface area contributed by atoms with E-state index < -0.39 is 9.84 Å². The highest BCUT2D eigenvalue weighted by molar-refractivity contribution is 7.90. The van der Waals surface area contributed by atoms with E-state index in [4.69, 9.17) is 11.6 Å². The number of aromatic nitrogens is 1. The summed E-state index contributed by atoms with van der Waals surface area (Å²) >= 11 is 6.16. The molecule has 1 aromatic heterocycles. The van der Waals surface area contributed by atoms with Crippen LogP contribution >= 0.6 is 11.6 Å². The Morgan fingerprint density at radius 2 is 1.96 bits per heavy atom. The number of anilines is 2. The number of sulfone groups is 1. The summed E-state index contributed by atoms with van der Waals surface area (Å²) in [4.78, 5) is 6.87. The molecule has 1 aromatic carbocycles. The third-order valence-corrected chi connectivity index (χ3v) is 6.08. The summed E-state index contributed by atoms with van der Waals surface area (Å²) in [7, 11) is -1.32. The first-order valence-electron chi connectivity index (χ1n) is 8.29. The molecule has 4 rings (SSSR count). The second kappa shape index (κ2) is 5.97. The van der Waals surface area contributed by atoms with Gasteiger partial charge >= 0.3 is 0 Å². The van der Waals surface area contributed by atoms with Gasteiger partial charge in [-0.05, 0) is 49.6 Å². The highest BCUT2D eigenvalue weighted by atomic mass is 35.5. The molecule has 0 atom stereocenters. The van der Waals surface area contributed by atoms with Crippen molar-refractivity contribution in [2.24, 2.45) is 0 Å². The largest absolute Gasteiger partial charge is 0.354 e. The number of benzene rings is 1. The second-order valence-electron chi connectivity index (χ2n) is 7.02. The van der Waals surface area contributed by atoms with Gasteiger partial charge in [-0.2, -0.15) is 0 Å². The number of rotatable bonds is 4. The Morgan fingerprint density at radius 3 is 2.64 bits per heavy atom. The molecule has 7 heteroatoms. The van der Waals surface area contributed by atoms with E-state index in [0.717, 1.165) is 48.4 Å². The van der Waals surface area contributed by atoms with Crippen molar-refractivity contribution in [2.75, 3.05) is 18.6 Å². The van der Waals surface area contributed by atoms with Crippen molar-refractivity contribution < 1.29 is 8.42 Å². The summed E-state index contributed by atoms with van der Waals surface area (Å²) in [6, 6.07) is 7.46. The van der Waals surface area contributed by atoms with E-state index in [-0.39, 0.29) is 0 Å². The van der Waals surface area contributed by atoms with Gasteiger partial charge in [0.25, 0.3) is 0 Å². The zero-order chi connectivity index (χ0) is 17.8. The van der Waals surface area contributed by atoms with E-state index in [1.165, 1.54) is 6.26 Å². The highest BCUT2D eigenvalue weighted by Crippen LogP contribution is 2.42. The molecule has 0 bridgehead atoms. The summed E-state index contributed by atoms with van der Waals surface area (Å²) in [5.74, 6) is 0.503. The van der Waals surface area contributed by atoms with Gasteiger partial charge in [0.1, 0.15) is 5.15 Å². The lowest BCUT2D eigenvalue weighted by Crippen LogP contribution is -2.08. The molecular formula is C18H20ClN3O2S.